The summed E-state index contributed by atoms with van der Waals surface area (Å²) in [6, 6.07) is 8.95. The molecule has 1 heterocycles. The van der Waals surface area contributed by atoms with Crippen molar-refractivity contribution in [2.75, 3.05) is 0 Å². The van der Waals surface area contributed by atoms with Crippen LogP contribution in [-0.4, -0.2) is 9.13 Å². The van der Waals surface area contributed by atoms with Gasteiger partial charge in [-0.15, -0.1) is 0 Å². The standard InChI is InChI=1S/C21H24N2.C8H12.ClH.Rh/c1-14-9-16(3)20(17(4)10-14)22-7-8-23(13-22)21-18(5)11-15(2)12-19(21)6;1-2-4-6-8-7-5-3-1;;/h7-12H,1-6H3;1-2,7-8H,3-6H2;1H;/q;;;+1/p-1/b;2-1-,8-7-;;. The summed E-state index contributed by atoms with van der Waals surface area (Å²) in [5.74, 6) is 0. The molecule has 4 heteroatoms. The Morgan fingerprint density at radius 1 is 0.576 bits per heavy atom. The Hall–Kier alpha value is -1.96. The molecule has 0 radical (unpaired) electrons. The monoisotopic (exact) mass is 550 g/mol. The molecule has 1 aliphatic carbocycles. The molecule has 4 rings (SSSR count). The number of benzene rings is 2. The van der Waals surface area contributed by atoms with Crippen molar-refractivity contribution in [3.05, 3.63) is 98.4 Å². The molecule has 1 aromatic heterocycles. The van der Waals surface area contributed by atoms with Gasteiger partial charge in [0.15, 0.2) is 0 Å². The Morgan fingerprint density at radius 3 is 1.15 bits per heavy atom. The minimum absolute atomic E-state index is 0.229. The van der Waals surface area contributed by atoms with E-state index < -0.39 is 0 Å². The van der Waals surface area contributed by atoms with E-state index in [2.05, 4.69) is 112 Å². The first-order chi connectivity index (χ1) is 15.8. The number of imidazole rings is 1. The van der Waals surface area contributed by atoms with Gasteiger partial charge in [-0.25, -0.2) is 0 Å². The first kappa shape index (κ1) is 25.7. The number of rotatable bonds is 2. The Balaban J connectivity index is 0.000000323. The second-order valence-corrected chi connectivity index (χ2v) is 10.7. The maximum atomic E-state index is 6.48. The Labute approximate surface area is 210 Å². The molecule has 33 heavy (non-hydrogen) atoms. The van der Waals surface area contributed by atoms with Gasteiger partial charge in [0.1, 0.15) is 0 Å². The third-order valence-electron chi connectivity index (χ3n) is 5.88. The summed E-state index contributed by atoms with van der Waals surface area (Å²) in [5, 5.41) is 0. The molecule has 3 aromatic rings. The summed E-state index contributed by atoms with van der Waals surface area (Å²) in [5.41, 5.74) is 10.2. The molecule has 2 aromatic carbocycles. The van der Waals surface area contributed by atoms with Gasteiger partial charge in [0.25, 0.3) is 0 Å². The molecule has 0 amide bonds. The fourth-order valence-corrected chi connectivity index (χ4v) is 6.34. The van der Waals surface area contributed by atoms with E-state index in [1.54, 1.807) is 0 Å². The van der Waals surface area contributed by atoms with E-state index >= 15 is 0 Å². The van der Waals surface area contributed by atoms with Crippen LogP contribution in [0.3, 0.4) is 0 Å². The first-order valence-electron chi connectivity index (χ1n) is 11.6. The molecular weight excluding hydrogens is 515 g/mol. The van der Waals surface area contributed by atoms with Crippen LogP contribution in [0.5, 0.6) is 0 Å². The van der Waals surface area contributed by atoms with Crippen LogP contribution in [0.1, 0.15) is 59.1 Å². The number of allylic oxidation sites excluding steroid dienone is 4. The number of nitrogens with zero attached hydrogens (tertiary/aromatic N) is 2. The van der Waals surface area contributed by atoms with E-state index in [-0.39, 0.29) is 15.7 Å². The van der Waals surface area contributed by atoms with E-state index in [9.17, 15) is 0 Å². The summed E-state index contributed by atoms with van der Waals surface area (Å²) in [6.07, 6.45) is 18.3. The quantitative estimate of drug-likeness (QED) is 0.223. The molecule has 1 aliphatic rings. The zero-order valence-corrected chi connectivity index (χ0v) is 23.1. The molecule has 0 N–H and O–H groups in total. The van der Waals surface area contributed by atoms with Crippen molar-refractivity contribution >= 4 is 9.69 Å². The van der Waals surface area contributed by atoms with Gasteiger partial charge >= 0.3 is 161 Å². The Morgan fingerprint density at radius 2 is 0.879 bits per heavy atom. The molecular formula is C29H36ClN2Rh. The van der Waals surface area contributed by atoms with Crippen molar-refractivity contribution in [3.8, 4) is 11.4 Å². The second-order valence-electron chi connectivity index (χ2n) is 8.94. The van der Waals surface area contributed by atoms with Gasteiger partial charge < -0.3 is 0 Å². The summed E-state index contributed by atoms with van der Waals surface area (Å²) < 4.78 is 5.67. The Kier molecular flexibility index (Phi) is 9.30. The molecule has 0 aliphatic heterocycles. The average molecular weight is 551 g/mol. The third-order valence-corrected chi connectivity index (χ3v) is 7.62. The molecule has 0 unspecified atom stereocenters. The van der Waals surface area contributed by atoms with Crippen molar-refractivity contribution in [2.45, 2.75) is 67.2 Å². The number of hydrogen-bond acceptors (Lipinski definition) is 0. The molecule has 178 valence electrons. The number of aromatic nitrogens is 2. The van der Waals surface area contributed by atoms with Crippen molar-refractivity contribution < 1.29 is 15.7 Å². The Bertz CT molecular complexity index is 1090. The minimum atomic E-state index is -0.229. The summed E-state index contributed by atoms with van der Waals surface area (Å²) in [6.45, 7) is 13.0. The second kappa shape index (κ2) is 12.0. The van der Waals surface area contributed by atoms with Crippen molar-refractivity contribution in [1.29, 1.82) is 0 Å². The third kappa shape index (κ3) is 6.34. The average Bonchev–Trinajstić information content (AvgIpc) is 3.09. The predicted octanol–water partition coefficient (Wildman–Crippen LogP) is 8.56. The molecule has 0 fully saturated rings. The van der Waals surface area contributed by atoms with E-state index in [4.69, 9.17) is 9.69 Å². The van der Waals surface area contributed by atoms with Crippen molar-refractivity contribution in [1.82, 2.24) is 9.13 Å². The predicted molar refractivity (Wildman–Crippen MR) is 139 cm³/mol. The van der Waals surface area contributed by atoms with Gasteiger partial charge in [-0.2, -0.15) is 0 Å². The molecule has 0 saturated heterocycles. The summed E-state index contributed by atoms with van der Waals surface area (Å²) >= 11 is -0.229. The van der Waals surface area contributed by atoms with Crippen LogP contribution >= 0.6 is 9.69 Å². The summed E-state index contributed by atoms with van der Waals surface area (Å²) in [7, 11) is 6.48. The van der Waals surface area contributed by atoms with Crippen LogP contribution in [0.4, 0.5) is 0 Å². The van der Waals surface area contributed by atoms with Gasteiger partial charge in [-0.1, -0.05) is 24.3 Å². The van der Waals surface area contributed by atoms with Crippen LogP contribution in [0.25, 0.3) is 11.4 Å². The number of aryl methyl sites for hydroxylation is 6. The molecule has 0 spiro atoms. The molecule has 2 nitrogen and oxygen atoms in total. The van der Waals surface area contributed by atoms with Gasteiger partial charge in [-0.3, -0.25) is 0 Å². The normalized spacial score (nSPS) is 15.4. The molecule has 0 saturated carbocycles. The number of hydrogen-bond donors (Lipinski definition) is 0. The molecule has 0 bridgehead atoms. The van der Waals surface area contributed by atoms with Crippen molar-refractivity contribution in [3.63, 3.8) is 0 Å². The summed E-state index contributed by atoms with van der Waals surface area (Å²) in [4.78, 5) is 0. The van der Waals surface area contributed by atoms with Gasteiger partial charge in [-0.05, 0) is 25.7 Å². The van der Waals surface area contributed by atoms with Crippen molar-refractivity contribution in [2.24, 2.45) is 0 Å². The fraction of sp³-hybridized carbons (Fsp3) is 0.345. The van der Waals surface area contributed by atoms with Crippen LogP contribution in [0.2, 0.25) is 0 Å². The first-order valence-corrected chi connectivity index (χ1v) is 14.6. The van der Waals surface area contributed by atoms with E-state index in [1.165, 1.54) is 70.4 Å². The van der Waals surface area contributed by atoms with E-state index in [0.29, 0.717) is 0 Å². The SMILES string of the molecule is C1=C\CC/C=C\CC/1.Cc1cc(C)c(-n2ccn(-c3c(C)cc(C)cc3C)[c]2=[Rh][Cl])c(C)c1. The maximum absolute atomic E-state index is 6.48. The van der Waals surface area contributed by atoms with Crippen LogP contribution in [-0.2, 0) is 15.7 Å². The van der Waals surface area contributed by atoms with Crippen LogP contribution < -0.4 is 0 Å². The topological polar surface area (TPSA) is 9.86 Å². The zero-order valence-electron chi connectivity index (χ0n) is 20.7. The number of halogens is 1. The fourth-order valence-electron chi connectivity index (χ4n) is 4.71. The zero-order chi connectivity index (χ0) is 24.0. The van der Waals surface area contributed by atoms with Crippen LogP contribution in [0.15, 0.2) is 61.0 Å². The molecule has 0 atom stereocenters. The van der Waals surface area contributed by atoms with Gasteiger partial charge in [0, 0.05) is 0 Å². The van der Waals surface area contributed by atoms with E-state index in [1.807, 2.05) is 0 Å². The van der Waals surface area contributed by atoms with Crippen LogP contribution in [0, 0.1) is 45.6 Å². The van der Waals surface area contributed by atoms with E-state index in [0.717, 1.165) is 4.01 Å². The van der Waals surface area contributed by atoms with Gasteiger partial charge in [0.05, 0.1) is 0 Å². The van der Waals surface area contributed by atoms with Gasteiger partial charge in [0.2, 0.25) is 0 Å².